The number of piperidine rings is 1. The standard InChI is InChI=1S/C16H27N3O2/c1-18-9-6-17-15(18)12-19-7-4-16(5-8-19)11-14(13-21-16)3-10-20-2/h6,9,14H,3-5,7-8,10-13H2,1-2H3. The van der Waals surface area contributed by atoms with Crippen molar-refractivity contribution >= 4 is 0 Å². The highest BCUT2D eigenvalue weighted by molar-refractivity contribution is 4.96. The number of ether oxygens (including phenoxy) is 2. The largest absolute Gasteiger partial charge is 0.385 e. The Bertz CT molecular complexity index is 452. The van der Waals surface area contributed by atoms with Crippen LogP contribution in [0.15, 0.2) is 12.4 Å². The lowest BCUT2D eigenvalue weighted by molar-refractivity contribution is -0.0456. The average Bonchev–Trinajstić information content (AvgIpc) is 3.07. The van der Waals surface area contributed by atoms with E-state index in [-0.39, 0.29) is 5.60 Å². The average molecular weight is 293 g/mol. The molecule has 2 saturated heterocycles. The van der Waals surface area contributed by atoms with Crippen molar-refractivity contribution in [3.8, 4) is 0 Å². The lowest BCUT2D eigenvalue weighted by Crippen LogP contribution is -2.44. The van der Waals surface area contributed by atoms with Gasteiger partial charge in [-0.25, -0.2) is 4.98 Å². The lowest BCUT2D eigenvalue weighted by atomic mass is 9.84. The summed E-state index contributed by atoms with van der Waals surface area (Å²) in [6, 6.07) is 0. The molecular formula is C16H27N3O2. The Balaban J connectivity index is 1.48. The first-order valence-corrected chi connectivity index (χ1v) is 8.02. The number of rotatable bonds is 5. The van der Waals surface area contributed by atoms with Crippen LogP contribution in [0.2, 0.25) is 0 Å². The smallest absolute Gasteiger partial charge is 0.122 e. The van der Waals surface area contributed by atoms with Gasteiger partial charge in [-0.15, -0.1) is 0 Å². The number of imidazole rings is 1. The van der Waals surface area contributed by atoms with Crippen molar-refractivity contribution in [3.63, 3.8) is 0 Å². The number of aryl methyl sites for hydroxylation is 1. The van der Waals surface area contributed by atoms with Gasteiger partial charge in [0, 0.05) is 46.2 Å². The first-order chi connectivity index (χ1) is 10.2. The van der Waals surface area contributed by atoms with E-state index in [1.807, 2.05) is 12.4 Å². The van der Waals surface area contributed by atoms with Crippen LogP contribution in [0.25, 0.3) is 0 Å². The van der Waals surface area contributed by atoms with Gasteiger partial charge in [-0.2, -0.15) is 0 Å². The van der Waals surface area contributed by atoms with Gasteiger partial charge in [0.25, 0.3) is 0 Å². The fraction of sp³-hybridized carbons (Fsp3) is 0.812. The minimum atomic E-state index is 0.149. The van der Waals surface area contributed by atoms with Gasteiger partial charge in [-0.05, 0) is 31.6 Å². The summed E-state index contributed by atoms with van der Waals surface area (Å²) < 4.78 is 13.5. The van der Waals surface area contributed by atoms with Gasteiger partial charge >= 0.3 is 0 Å². The van der Waals surface area contributed by atoms with Crippen LogP contribution in [0.5, 0.6) is 0 Å². The second-order valence-corrected chi connectivity index (χ2v) is 6.58. The fourth-order valence-corrected chi connectivity index (χ4v) is 3.62. The van der Waals surface area contributed by atoms with Crippen LogP contribution in [-0.2, 0) is 23.1 Å². The maximum absolute atomic E-state index is 6.20. The minimum Gasteiger partial charge on any atom is -0.385 e. The van der Waals surface area contributed by atoms with Crippen molar-refractivity contribution in [2.75, 3.05) is 33.4 Å². The molecule has 1 spiro atoms. The van der Waals surface area contributed by atoms with Crippen LogP contribution in [0.1, 0.15) is 31.5 Å². The third-order valence-corrected chi connectivity index (χ3v) is 5.07. The summed E-state index contributed by atoms with van der Waals surface area (Å²) in [5, 5.41) is 0. The Morgan fingerprint density at radius 1 is 1.43 bits per heavy atom. The first kappa shape index (κ1) is 15.0. The molecule has 21 heavy (non-hydrogen) atoms. The van der Waals surface area contributed by atoms with Crippen molar-refractivity contribution in [2.24, 2.45) is 13.0 Å². The van der Waals surface area contributed by atoms with E-state index in [2.05, 4.69) is 21.5 Å². The number of hydrogen-bond acceptors (Lipinski definition) is 4. The van der Waals surface area contributed by atoms with E-state index in [0.717, 1.165) is 57.9 Å². The Kier molecular flexibility index (Phi) is 4.62. The van der Waals surface area contributed by atoms with E-state index in [9.17, 15) is 0 Å². The normalized spacial score (nSPS) is 25.7. The molecule has 0 aliphatic carbocycles. The maximum atomic E-state index is 6.20. The van der Waals surface area contributed by atoms with Crippen LogP contribution in [0.3, 0.4) is 0 Å². The Hall–Kier alpha value is -0.910. The number of likely N-dealkylation sites (tertiary alicyclic amines) is 1. The summed E-state index contributed by atoms with van der Waals surface area (Å²) >= 11 is 0. The van der Waals surface area contributed by atoms with E-state index >= 15 is 0 Å². The molecule has 1 aromatic heterocycles. The zero-order valence-corrected chi connectivity index (χ0v) is 13.3. The molecule has 2 fully saturated rings. The van der Waals surface area contributed by atoms with Crippen molar-refractivity contribution in [3.05, 3.63) is 18.2 Å². The molecule has 0 N–H and O–H groups in total. The molecule has 2 aliphatic heterocycles. The van der Waals surface area contributed by atoms with E-state index in [0.29, 0.717) is 5.92 Å². The van der Waals surface area contributed by atoms with Crippen LogP contribution < -0.4 is 0 Å². The van der Waals surface area contributed by atoms with E-state index < -0.39 is 0 Å². The van der Waals surface area contributed by atoms with Crippen LogP contribution >= 0.6 is 0 Å². The number of methoxy groups -OCH3 is 1. The molecule has 2 aliphatic rings. The molecule has 0 saturated carbocycles. The molecule has 1 aromatic rings. The van der Waals surface area contributed by atoms with Crippen LogP contribution in [0, 0.1) is 5.92 Å². The van der Waals surface area contributed by atoms with Crippen molar-refractivity contribution in [2.45, 2.75) is 37.8 Å². The number of hydrogen-bond donors (Lipinski definition) is 0. The zero-order chi connectivity index (χ0) is 14.7. The highest BCUT2D eigenvalue weighted by Gasteiger charge is 2.42. The molecule has 118 valence electrons. The quantitative estimate of drug-likeness (QED) is 0.830. The van der Waals surface area contributed by atoms with Gasteiger partial charge in [0.2, 0.25) is 0 Å². The number of nitrogens with zero attached hydrogens (tertiary/aromatic N) is 3. The molecule has 3 heterocycles. The second kappa shape index (κ2) is 6.46. The molecule has 5 nitrogen and oxygen atoms in total. The summed E-state index contributed by atoms with van der Waals surface area (Å²) in [6.07, 6.45) is 8.55. The van der Waals surface area contributed by atoms with Gasteiger partial charge in [0.05, 0.1) is 18.8 Å². The SMILES string of the molecule is COCCC1COC2(CCN(Cc3nccn3C)CC2)C1. The predicted molar refractivity (Wildman–Crippen MR) is 81.0 cm³/mol. The highest BCUT2D eigenvalue weighted by atomic mass is 16.5. The summed E-state index contributed by atoms with van der Waals surface area (Å²) in [6.45, 7) is 4.96. The molecule has 3 rings (SSSR count). The van der Waals surface area contributed by atoms with Gasteiger partial charge < -0.3 is 14.0 Å². The molecule has 1 atom stereocenters. The molecule has 0 bridgehead atoms. The van der Waals surface area contributed by atoms with E-state index in [4.69, 9.17) is 9.47 Å². The predicted octanol–water partition coefficient (Wildman–Crippen LogP) is 1.83. The first-order valence-electron chi connectivity index (χ1n) is 8.02. The Morgan fingerprint density at radius 3 is 2.90 bits per heavy atom. The molecule has 1 unspecified atom stereocenters. The summed E-state index contributed by atoms with van der Waals surface area (Å²) in [5.74, 6) is 1.84. The number of aromatic nitrogens is 2. The maximum Gasteiger partial charge on any atom is 0.122 e. The summed E-state index contributed by atoms with van der Waals surface area (Å²) in [7, 11) is 3.84. The van der Waals surface area contributed by atoms with Gasteiger partial charge in [-0.1, -0.05) is 0 Å². The zero-order valence-electron chi connectivity index (χ0n) is 13.3. The van der Waals surface area contributed by atoms with Gasteiger partial charge in [0.1, 0.15) is 5.82 Å². The topological polar surface area (TPSA) is 39.5 Å². The van der Waals surface area contributed by atoms with E-state index in [1.165, 1.54) is 6.42 Å². The van der Waals surface area contributed by atoms with Crippen molar-refractivity contribution in [1.82, 2.24) is 14.5 Å². The third-order valence-electron chi connectivity index (χ3n) is 5.07. The van der Waals surface area contributed by atoms with Crippen LogP contribution in [0.4, 0.5) is 0 Å². The molecule has 5 heteroatoms. The minimum absolute atomic E-state index is 0.149. The van der Waals surface area contributed by atoms with Crippen LogP contribution in [-0.4, -0.2) is 53.5 Å². The van der Waals surface area contributed by atoms with Gasteiger partial charge in [-0.3, -0.25) is 4.90 Å². The summed E-state index contributed by atoms with van der Waals surface area (Å²) in [4.78, 5) is 6.92. The molecular weight excluding hydrogens is 266 g/mol. The monoisotopic (exact) mass is 293 g/mol. The van der Waals surface area contributed by atoms with Gasteiger partial charge in [0.15, 0.2) is 0 Å². The Labute approximate surface area is 127 Å². The lowest BCUT2D eigenvalue weighted by Gasteiger charge is -2.38. The third kappa shape index (κ3) is 3.47. The molecule has 0 aromatic carbocycles. The molecule has 0 amide bonds. The Morgan fingerprint density at radius 2 is 2.24 bits per heavy atom. The fourth-order valence-electron chi connectivity index (χ4n) is 3.62. The van der Waals surface area contributed by atoms with Crippen molar-refractivity contribution in [1.29, 1.82) is 0 Å². The van der Waals surface area contributed by atoms with E-state index in [1.54, 1.807) is 7.11 Å². The highest BCUT2D eigenvalue weighted by Crippen LogP contribution is 2.39. The van der Waals surface area contributed by atoms with Crippen molar-refractivity contribution < 1.29 is 9.47 Å². The molecule has 0 radical (unpaired) electrons. The second-order valence-electron chi connectivity index (χ2n) is 6.58. The summed E-state index contributed by atoms with van der Waals surface area (Å²) in [5.41, 5.74) is 0.149.